The Morgan fingerprint density at radius 3 is 2.83 bits per heavy atom. The summed E-state index contributed by atoms with van der Waals surface area (Å²) in [5.41, 5.74) is 0.543. The monoisotopic (exact) mass is 258 g/mol. The van der Waals surface area contributed by atoms with Gasteiger partial charge in [-0.05, 0) is 36.4 Å². The minimum atomic E-state index is 0.0477. The number of rotatable bonds is 4. The number of carbonyl (C=O) groups is 1. The number of nitrogens with zero attached hydrogens (tertiary/aromatic N) is 2. The first-order valence-electron chi connectivity index (χ1n) is 6.09. The molecule has 1 fully saturated rings. The van der Waals surface area contributed by atoms with Crippen LogP contribution in [0, 0.1) is 0 Å². The van der Waals surface area contributed by atoms with Crippen molar-refractivity contribution < 1.29 is 4.79 Å². The van der Waals surface area contributed by atoms with E-state index in [2.05, 4.69) is 11.1 Å². The quantitative estimate of drug-likeness (QED) is 0.844. The molecule has 0 bridgehead atoms. The molecule has 0 atom stereocenters. The van der Waals surface area contributed by atoms with Gasteiger partial charge in [0, 0.05) is 17.1 Å². The molecule has 18 heavy (non-hydrogen) atoms. The third-order valence-electron chi connectivity index (χ3n) is 3.04. The molecule has 3 nitrogen and oxygen atoms in total. The Bertz CT molecular complexity index is 520. The Kier molecular flexibility index (Phi) is 3.11. The number of carbonyl (C=O) groups excluding carboxylic acids is 1. The maximum atomic E-state index is 12.4. The third kappa shape index (κ3) is 2.43. The van der Waals surface area contributed by atoms with E-state index < -0.39 is 0 Å². The van der Waals surface area contributed by atoms with Crippen molar-refractivity contribution in [1.29, 1.82) is 0 Å². The Hall–Kier alpha value is -1.68. The van der Waals surface area contributed by atoms with Crippen LogP contribution in [0.1, 0.15) is 28.2 Å². The van der Waals surface area contributed by atoms with Gasteiger partial charge in [0.05, 0.1) is 6.54 Å². The second-order valence-electron chi connectivity index (χ2n) is 4.46. The topological polar surface area (TPSA) is 33.2 Å². The number of pyridine rings is 1. The zero-order valence-electron chi connectivity index (χ0n) is 9.95. The van der Waals surface area contributed by atoms with E-state index in [1.807, 2.05) is 28.5 Å². The van der Waals surface area contributed by atoms with Crippen molar-refractivity contribution in [3.05, 3.63) is 52.5 Å². The van der Waals surface area contributed by atoms with Crippen molar-refractivity contribution in [2.24, 2.45) is 0 Å². The summed E-state index contributed by atoms with van der Waals surface area (Å²) in [5, 5.41) is 2.05. The number of hydrogen-bond acceptors (Lipinski definition) is 3. The van der Waals surface area contributed by atoms with Crippen LogP contribution in [0.3, 0.4) is 0 Å². The molecule has 3 rings (SSSR count). The molecule has 2 heterocycles. The molecule has 2 aromatic rings. The molecule has 92 valence electrons. The van der Waals surface area contributed by atoms with E-state index >= 15 is 0 Å². The minimum Gasteiger partial charge on any atom is -0.329 e. The summed E-state index contributed by atoms with van der Waals surface area (Å²) in [7, 11) is 0. The Balaban J connectivity index is 1.80. The Morgan fingerprint density at radius 2 is 2.22 bits per heavy atom. The van der Waals surface area contributed by atoms with Gasteiger partial charge in [0.1, 0.15) is 5.69 Å². The fourth-order valence-corrected chi connectivity index (χ4v) is 2.66. The summed E-state index contributed by atoms with van der Waals surface area (Å²) in [5.74, 6) is 0.0477. The van der Waals surface area contributed by atoms with Crippen molar-refractivity contribution in [3.8, 4) is 0 Å². The summed E-state index contributed by atoms with van der Waals surface area (Å²) >= 11 is 1.69. The molecule has 1 saturated carbocycles. The maximum absolute atomic E-state index is 12.4. The van der Waals surface area contributed by atoms with E-state index in [0.717, 1.165) is 12.8 Å². The molecule has 0 aromatic carbocycles. The highest BCUT2D eigenvalue weighted by molar-refractivity contribution is 7.09. The van der Waals surface area contributed by atoms with Crippen molar-refractivity contribution >= 4 is 17.2 Å². The Morgan fingerprint density at radius 1 is 1.33 bits per heavy atom. The highest BCUT2D eigenvalue weighted by Gasteiger charge is 2.33. The molecule has 4 heteroatoms. The minimum absolute atomic E-state index is 0.0477. The zero-order valence-corrected chi connectivity index (χ0v) is 10.8. The molecular formula is C14H14N2OS. The summed E-state index contributed by atoms with van der Waals surface area (Å²) in [6.45, 7) is 0.706. The predicted molar refractivity (Wildman–Crippen MR) is 71.5 cm³/mol. The molecule has 0 radical (unpaired) electrons. The zero-order chi connectivity index (χ0) is 12.4. The first kappa shape index (κ1) is 11.4. The SMILES string of the molecule is O=C(c1ccccn1)N(Cc1cccs1)C1CC1. The van der Waals surface area contributed by atoms with E-state index in [1.165, 1.54) is 4.88 Å². The van der Waals surface area contributed by atoms with Crippen LogP contribution in [-0.4, -0.2) is 21.8 Å². The average Bonchev–Trinajstić information content (AvgIpc) is 3.13. The van der Waals surface area contributed by atoms with E-state index in [0.29, 0.717) is 18.3 Å². The van der Waals surface area contributed by atoms with Gasteiger partial charge in [-0.15, -0.1) is 11.3 Å². The smallest absolute Gasteiger partial charge is 0.273 e. The predicted octanol–water partition coefficient (Wildman–Crippen LogP) is 2.95. The summed E-state index contributed by atoms with van der Waals surface area (Å²) in [6, 6.07) is 9.98. The second kappa shape index (κ2) is 4.90. The van der Waals surface area contributed by atoms with Crippen LogP contribution in [0.2, 0.25) is 0 Å². The highest BCUT2D eigenvalue weighted by Crippen LogP contribution is 2.30. The summed E-state index contributed by atoms with van der Waals surface area (Å²) in [6.07, 6.45) is 3.90. The fourth-order valence-electron chi connectivity index (χ4n) is 1.96. The molecule has 1 aliphatic rings. The molecule has 2 aromatic heterocycles. The number of hydrogen-bond donors (Lipinski definition) is 0. The highest BCUT2D eigenvalue weighted by atomic mass is 32.1. The lowest BCUT2D eigenvalue weighted by atomic mass is 10.3. The van der Waals surface area contributed by atoms with E-state index in [1.54, 1.807) is 23.6 Å². The summed E-state index contributed by atoms with van der Waals surface area (Å²) < 4.78 is 0. The van der Waals surface area contributed by atoms with Gasteiger partial charge in [-0.1, -0.05) is 12.1 Å². The van der Waals surface area contributed by atoms with Gasteiger partial charge in [-0.2, -0.15) is 0 Å². The van der Waals surface area contributed by atoms with Crippen LogP contribution < -0.4 is 0 Å². The third-order valence-corrected chi connectivity index (χ3v) is 3.90. The van der Waals surface area contributed by atoms with Gasteiger partial charge in [0.25, 0.3) is 5.91 Å². The molecule has 0 unspecified atom stereocenters. The molecule has 1 amide bonds. The molecule has 0 N–H and O–H groups in total. The molecule has 0 aliphatic heterocycles. The van der Waals surface area contributed by atoms with Crippen molar-refractivity contribution in [1.82, 2.24) is 9.88 Å². The number of aromatic nitrogens is 1. The van der Waals surface area contributed by atoms with Gasteiger partial charge >= 0.3 is 0 Å². The van der Waals surface area contributed by atoms with Crippen molar-refractivity contribution in [2.45, 2.75) is 25.4 Å². The second-order valence-corrected chi connectivity index (χ2v) is 5.49. The largest absolute Gasteiger partial charge is 0.329 e. The number of amides is 1. The van der Waals surface area contributed by atoms with Crippen LogP contribution in [0.5, 0.6) is 0 Å². The van der Waals surface area contributed by atoms with Crippen LogP contribution in [0.15, 0.2) is 41.9 Å². The summed E-state index contributed by atoms with van der Waals surface area (Å²) in [4.78, 5) is 19.8. The van der Waals surface area contributed by atoms with Crippen LogP contribution in [0.25, 0.3) is 0 Å². The van der Waals surface area contributed by atoms with Gasteiger partial charge in [-0.25, -0.2) is 0 Å². The van der Waals surface area contributed by atoms with Gasteiger partial charge in [0.2, 0.25) is 0 Å². The van der Waals surface area contributed by atoms with Crippen molar-refractivity contribution in [3.63, 3.8) is 0 Å². The molecule has 1 aliphatic carbocycles. The van der Waals surface area contributed by atoms with E-state index in [9.17, 15) is 4.79 Å². The van der Waals surface area contributed by atoms with Crippen LogP contribution in [-0.2, 0) is 6.54 Å². The number of thiophene rings is 1. The van der Waals surface area contributed by atoms with E-state index in [-0.39, 0.29) is 5.91 Å². The lowest BCUT2D eigenvalue weighted by Gasteiger charge is -2.21. The normalized spacial score (nSPS) is 14.4. The first-order chi connectivity index (χ1) is 8.84. The van der Waals surface area contributed by atoms with Gasteiger partial charge in [-0.3, -0.25) is 9.78 Å². The maximum Gasteiger partial charge on any atom is 0.273 e. The molecular weight excluding hydrogens is 244 g/mol. The Labute approximate surface area is 110 Å². The van der Waals surface area contributed by atoms with Crippen molar-refractivity contribution in [2.75, 3.05) is 0 Å². The van der Waals surface area contributed by atoms with Crippen LogP contribution in [0.4, 0.5) is 0 Å². The van der Waals surface area contributed by atoms with E-state index in [4.69, 9.17) is 0 Å². The fraction of sp³-hybridized carbons (Fsp3) is 0.286. The van der Waals surface area contributed by atoms with Gasteiger partial charge in [0.15, 0.2) is 0 Å². The lowest BCUT2D eigenvalue weighted by molar-refractivity contribution is 0.0725. The first-order valence-corrected chi connectivity index (χ1v) is 6.97. The lowest BCUT2D eigenvalue weighted by Crippen LogP contribution is -2.32. The average molecular weight is 258 g/mol. The molecule has 0 saturated heterocycles. The van der Waals surface area contributed by atoms with Crippen LogP contribution >= 0.6 is 11.3 Å². The van der Waals surface area contributed by atoms with Gasteiger partial charge < -0.3 is 4.90 Å². The molecule has 0 spiro atoms. The standard InChI is InChI=1S/C14H14N2OS/c17-14(13-5-1-2-8-15-13)16(11-6-7-11)10-12-4-3-9-18-12/h1-5,8-9,11H,6-7,10H2.